The van der Waals surface area contributed by atoms with Crippen molar-refractivity contribution in [1.82, 2.24) is 0 Å². The van der Waals surface area contributed by atoms with E-state index in [0.717, 1.165) is 9.26 Å². The van der Waals surface area contributed by atoms with Gasteiger partial charge < -0.3 is 5.32 Å². The van der Waals surface area contributed by atoms with E-state index >= 15 is 0 Å². The van der Waals surface area contributed by atoms with Crippen LogP contribution >= 0.6 is 22.6 Å². The fourth-order valence-electron chi connectivity index (χ4n) is 1.57. The molecule has 0 aliphatic carbocycles. The van der Waals surface area contributed by atoms with Gasteiger partial charge in [-0.15, -0.1) is 0 Å². The first-order valence-electron chi connectivity index (χ1n) is 5.37. The van der Waals surface area contributed by atoms with Gasteiger partial charge in [-0.25, -0.2) is 4.39 Å². The molecule has 0 aromatic heterocycles. The van der Waals surface area contributed by atoms with Gasteiger partial charge in [0.05, 0.1) is 5.56 Å². The Balaban J connectivity index is 2.11. The van der Waals surface area contributed by atoms with Gasteiger partial charge in [-0.1, -0.05) is 12.1 Å². The van der Waals surface area contributed by atoms with Crippen molar-refractivity contribution in [1.29, 1.82) is 5.26 Å². The topological polar surface area (TPSA) is 35.8 Å². The largest absolute Gasteiger partial charge is 0.381 e. The number of nitrogens with zero attached hydrogens (tertiary/aromatic N) is 1. The van der Waals surface area contributed by atoms with Crippen molar-refractivity contribution in [2.24, 2.45) is 0 Å². The molecule has 4 heteroatoms. The van der Waals surface area contributed by atoms with E-state index in [2.05, 4.69) is 27.9 Å². The molecule has 0 saturated carbocycles. The van der Waals surface area contributed by atoms with Crippen LogP contribution in [0.1, 0.15) is 11.1 Å². The zero-order valence-electron chi connectivity index (χ0n) is 9.45. The fourth-order valence-corrected chi connectivity index (χ4v) is 1.93. The third-order valence-electron chi connectivity index (χ3n) is 2.53. The minimum absolute atomic E-state index is 0.0805. The molecule has 0 saturated heterocycles. The first-order valence-corrected chi connectivity index (χ1v) is 6.45. The van der Waals surface area contributed by atoms with Crippen LogP contribution in [-0.2, 0) is 6.54 Å². The van der Waals surface area contributed by atoms with E-state index in [9.17, 15) is 4.39 Å². The number of rotatable bonds is 3. The highest BCUT2D eigenvalue weighted by atomic mass is 127. The van der Waals surface area contributed by atoms with Gasteiger partial charge in [0.15, 0.2) is 0 Å². The van der Waals surface area contributed by atoms with E-state index in [1.807, 2.05) is 30.3 Å². The van der Waals surface area contributed by atoms with E-state index in [1.165, 1.54) is 6.07 Å². The van der Waals surface area contributed by atoms with Crippen LogP contribution in [0, 0.1) is 20.7 Å². The number of anilines is 1. The van der Waals surface area contributed by atoms with E-state index in [4.69, 9.17) is 5.26 Å². The number of nitriles is 1. The van der Waals surface area contributed by atoms with Crippen molar-refractivity contribution in [2.45, 2.75) is 6.54 Å². The Morgan fingerprint density at radius 3 is 2.56 bits per heavy atom. The van der Waals surface area contributed by atoms with Crippen LogP contribution < -0.4 is 5.32 Å². The highest BCUT2D eigenvalue weighted by Gasteiger charge is 2.06. The van der Waals surface area contributed by atoms with Crippen molar-refractivity contribution in [3.05, 3.63) is 63.0 Å². The molecule has 2 aromatic rings. The molecule has 0 aliphatic heterocycles. The Morgan fingerprint density at radius 2 is 1.89 bits per heavy atom. The highest BCUT2D eigenvalue weighted by molar-refractivity contribution is 14.1. The molecule has 0 aliphatic rings. The van der Waals surface area contributed by atoms with Crippen molar-refractivity contribution in [3.63, 3.8) is 0 Å². The van der Waals surface area contributed by atoms with Gasteiger partial charge in [-0.3, -0.25) is 0 Å². The summed E-state index contributed by atoms with van der Waals surface area (Å²) in [7, 11) is 0. The number of hydrogen-bond acceptors (Lipinski definition) is 2. The number of benzene rings is 2. The van der Waals surface area contributed by atoms with Crippen LogP contribution in [0.25, 0.3) is 0 Å². The molecule has 0 atom stereocenters. The van der Waals surface area contributed by atoms with Crippen LogP contribution in [0.5, 0.6) is 0 Å². The minimum Gasteiger partial charge on any atom is -0.381 e. The molecule has 0 spiro atoms. The second-order valence-corrected chi connectivity index (χ2v) is 5.00. The fraction of sp³-hybridized carbons (Fsp3) is 0.0714. The lowest BCUT2D eigenvalue weighted by molar-refractivity contribution is 0.609. The van der Waals surface area contributed by atoms with E-state index < -0.39 is 5.82 Å². The van der Waals surface area contributed by atoms with Crippen molar-refractivity contribution >= 4 is 28.3 Å². The van der Waals surface area contributed by atoms with Gasteiger partial charge in [0.25, 0.3) is 0 Å². The van der Waals surface area contributed by atoms with Crippen LogP contribution in [0.3, 0.4) is 0 Å². The maximum Gasteiger partial charge on any atom is 0.145 e. The predicted octanol–water partition coefficient (Wildman–Crippen LogP) is 3.91. The summed E-state index contributed by atoms with van der Waals surface area (Å²) in [5, 5.41) is 11.9. The third kappa shape index (κ3) is 2.99. The first-order chi connectivity index (χ1) is 8.70. The average Bonchev–Trinajstić information content (AvgIpc) is 2.39. The molecule has 0 heterocycles. The lowest BCUT2D eigenvalue weighted by Crippen LogP contribution is -2.03. The summed E-state index contributed by atoms with van der Waals surface area (Å²) < 4.78 is 14.9. The smallest absolute Gasteiger partial charge is 0.145 e. The molecule has 0 fully saturated rings. The molecule has 0 radical (unpaired) electrons. The third-order valence-corrected chi connectivity index (χ3v) is 3.25. The Bertz CT molecular complexity index is 588. The van der Waals surface area contributed by atoms with Gasteiger partial charge in [0.2, 0.25) is 0 Å². The van der Waals surface area contributed by atoms with E-state index in [1.54, 1.807) is 12.1 Å². The van der Waals surface area contributed by atoms with Crippen molar-refractivity contribution in [3.8, 4) is 6.07 Å². The Hall–Kier alpha value is -1.61. The second kappa shape index (κ2) is 5.83. The Labute approximate surface area is 119 Å². The molecule has 18 heavy (non-hydrogen) atoms. The lowest BCUT2D eigenvalue weighted by Gasteiger charge is -2.08. The standard InChI is InChI=1S/C14H10FIN2/c15-14-10(8-17)2-1-3-11(14)9-18-13-6-4-12(16)5-7-13/h1-7,18H,9H2. The zero-order valence-corrected chi connectivity index (χ0v) is 11.6. The monoisotopic (exact) mass is 352 g/mol. The summed E-state index contributed by atoms with van der Waals surface area (Å²) in [6, 6.07) is 14.5. The molecule has 0 bridgehead atoms. The molecule has 90 valence electrons. The first kappa shape index (κ1) is 12.8. The Kier molecular flexibility index (Phi) is 4.15. The van der Waals surface area contributed by atoms with Crippen molar-refractivity contribution in [2.75, 3.05) is 5.32 Å². The summed E-state index contributed by atoms with van der Waals surface area (Å²) in [6.07, 6.45) is 0. The second-order valence-electron chi connectivity index (χ2n) is 3.75. The maximum atomic E-state index is 13.8. The number of hydrogen-bond donors (Lipinski definition) is 1. The van der Waals surface area contributed by atoms with E-state index in [0.29, 0.717) is 12.1 Å². The van der Waals surface area contributed by atoms with Crippen LogP contribution in [0.4, 0.5) is 10.1 Å². The van der Waals surface area contributed by atoms with Crippen molar-refractivity contribution < 1.29 is 4.39 Å². The summed E-state index contributed by atoms with van der Waals surface area (Å²) in [6.45, 7) is 0.363. The Morgan fingerprint density at radius 1 is 1.17 bits per heavy atom. The van der Waals surface area contributed by atoms with Gasteiger partial charge in [0.1, 0.15) is 11.9 Å². The van der Waals surface area contributed by atoms with Gasteiger partial charge in [-0.2, -0.15) is 5.26 Å². The lowest BCUT2D eigenvalue weighted by atomic mass is 10.1. The summed E-state index contributed by atoms with van der Waals surface area (Å²) in [5.41, 5.74) is 1.50. The molecule has 1 N–H and O–H groups in total. The highest BCUT2D eigenvalue weighted by Crippen LogP contribution is 2.15. The summed E-state index contributed by atoms with van der Waals surface area (Å²) in [5.74, 6) is -0.446. The van der Waals surface area contributed by atoms with Crippen LogP contribution in [0.15, 0.2) is 42.5 Å². The molecule has 2 nitrogen and oxygen atoms in total. The molecule has 2 aromatic carbocycles. The van der Waals surface area contributed by atoms with Gasteiger partial charge in [0, 0.05) is 21.4 Å². The number of halogens is 2. The van der Waals surface area contributed by atoms with Gasteiger partial charge in [-0.05, 0) is 52.9 Å². The summed E-state index contributed by atoms with van der Waals surface area (Å²) in [4.78, 5) is 0. The predicted molar refractivity (Wildman–Crippen MR) is 77.6 cm³/mol. The molecule has 0 amide bonds. The maximum absolute atomic E-state index is 13.8. The molecular formula is C14H10FIN2. The molecule has 2 rings (SSSR count). The zero-order chi connectivity index (χ0) is 13.0. The van der Waals surface area contributed by atoms with Crippen LogP contribution in [-0.4, -0.2) is 0 Å². The van der Waals surface area contributed by atoms with E-state index in [-0.39, 0.29) is 5.56 Å². The molecule has 0 unspecified atom stereocenters. The summed E-state index contributed by atoms with van der Waals surface area (Å²) >= 11 is 2.23. The average molecular weight is 352 g/mol. The minimum atomic E-state index is -0.446. The number of nitrogens with one attached hydrogen (secondary N) is 1. The van der Waals surface area contributed by atoms with Crippen LogP contribution in [0.2, 0.25) is 0 Å². The SMILES string of the molecule is N#Cc1cccc(CNc2ccc(I)cc2)c1F. The van der Waals surface area contributed by atoms with Gasteiger partial charge >= 0.3 is 0 Å². The normalized spacial score (nSPS) is 9.83. The quantitative estimate of drug-likeness (QED) is 0.851. The molecular weight excluding hydrogens is 342 g/mol.